The van der Waals surface area contributed by atoms with Crippen molar-refractivity contribution in [3.8, 4) is 11.5 Å². The molecule has 6 heteroatoms. The molecule has 1 heterocycles. The number of para-hydroxylation sites is 1. The minimum absolute atomic E-state index is 0.261. The average molecular weight is 645 g/mol. The van der Waals surface area contributed by atoms with Gasteiger partial charge in [0.1, 0.15) is 12.4 Å². The second-order valence-corrected chi connectivity index (χ2v) is 11.3. The van der Waals surface area contributed by atoms with E-state index in [9.17, 15) is 4.39 Å². The summed E-state index contributed by atoms with van der Waals surface area (Å²) in [7, 11) is 0. The second-order valence-electron chi connectivity index (χ2n) is 10.1. The number of fused-ring (bicyclic) bond motifs is 3. The first-order valence-corrected chi connectivity index (χ1v) is 14.7. The van der Waals surface area contributed by atoms with Gasteiger partial charge in [-0.15, -0.1) is 0 Å². The van der Waals surface area contributed by atoms with Crippen molar-refractivity contribution in [2.24, 2.45) is 10.9 Å². The number of allylic oxidation sites excluding steroid dienone is 2. The quantitative estimate of drug-likeness (QED) is 0.118. The number of benzene rings is 4. The van der Waals surface area contributed by atoms with Gasteiger partial charge in [-0.1, -0.05) is 54.6 Å². The Kier molecular flexibility index (Phi) is 7.86. The molecule has 3 atom stereocenters. The van der Waals surface area contributed by atoms with Gasteiger partial charge in [0.15, 0.2) is 11.5 Å². The number of hydrogen-bond acceptors (Lipinski definition) is 4. The van der Waals surface area contributed by atoms with Crippen LogP contribution in [0.3, 0.4) is 0 Å². The Morgan fingerprint density at radius 1 is 1.00 bits per heavy atom. The smallest absolute Gasteiger partial charge is 0.175 e. The molecular weight excluding hydrogens is 614 g/mol. The van der Waals surface area contributed by atoms with E-state index >= 15 is 0 Å². The van der Waals surface area contributed by atoms with Crippen LogP contribution >= 0.6 is 22.6 Å². The molecule has 4 nitrogen and oxygen atoms in total. The minimum atomic E-state index is -0.261. The molecule has 4 aromatic carbocycles. The van der Waals surface area contributed by atoms with Crippen molar-refractivity contribution in [1.29, 1.82) is 0 Å². The molecule has 0 bridgehead atoms. The lowest BCUT2D eigenvalue weighted by Gasteiger charge is -2.37. The molecule has 0 fully saturated rings. The van der Waals surface area contributed by atoms with E-state index < -0.39 is 0 Å². The SMILES string of the molecule is CCOc1cc(C=Nc2ccc([C@@H]3Nc4ccccc4[C@H]4C=CC[C@@H]43)cc2)cc(I)c1OCc1ccc(F)cc1. The van der Waals surface area contributed by atoms with Gasteiger partial charge in [0.25, 0.3) is 0 Å². The summed E-state index contributed by atoms with van der Waals surface area (Å²) in [5.41, 5.74) is 6.62. The van der Waals surface area contributed by atoms with Crippen LogP contribution in [0, 0.1) is 15.3 Å². The monoisotopic (exact) mass is 644 g/mol. The molecule has 6 rings (SSSR count). The fourth-order valence-electron chi connectivity index (χ4n) is 5.59. The molecule has 1 aliphatic carbocycles. The highest BCUT2D eigenvalue weighted by atomic mass is 127. The fraction of sp³-hybridized carbons (Fsp3) is 0.206. The predicted molar refractivity (Wildman–Crippen MR) is 168 cm³/mol. The van der Waals surface area contributed by atoms with Crippen molar-refractivity contribution in [1.82, 2.24) is 0 Å². The van der Waals surface area contributed by atoms with E-state index in [4.69, 9.17) is 14.5 Å². The summed E-state index contributed by atoms with van der Waals surface area (Å²) in [5.74, 6) is 2.06. The van der Waals surface area contributed by atoms with Crippen LogP contribution in [0.25, 0.3) is 0 Å². The van der Waals surface area contributed by atoms with Crippen molar-refractivity contribution in [2.75, 3.05) is 11.9 Å². The Morgan fingerprint density at radius 2 is 1.80 bits per heavy atom. The van der Waals surface area contributed by atoms with Gasteiger partial charge in [-0.3, -0.25) is 4.99 Å². The predicted octanol–water partition coefficient (Wildman–Crippen LogP) is 8.99. The van der Waals surface area contributed by atoms with Gasteiger partial charge in [-0.05, 0) is 107 Å². The van der Waals surface area contributed by atoms with Gasteiger partial charge >= 0.3 is 0 Å². The van der Waals surface area contributed by atoms with Crippen LogP contribution < -0.4 is 14.8 Å². The lowest BCUT2D eigenvalue weighted by molar-refractivity contribution is 0.267. The summed E-state index contributed by atoms with van der Waals surface area (Å²) in [6.45, 7) is 2.79. The summed E-state index contributed by atoms with van der Waals surface area (Å²) in [6.07, 6.45) is 7.63. The molecule has 1 N–H and O–H groups in total. The van der Waals surface area contributed by atoms with Gasteiger partial charge < -0.3 is 14.8 Å². The molecule has 0 spiro atoms. The number of nitrogens with one attached hydrogen (secondary N) is 1. The number of rotatable bonds is 8. The van der Waals surface area contributed by atoms with Crippen LogP contribution in [0.4, 0.5) is 15.8 Å². The zero-order chi connectivity index (χ0) is 27.5. The third-order valence-corrected chi connectivity index (χ3v) is 8.32. The maximum Gasteiger partial charge on any atom is 0.175 e. The standard InChI is InChI=1S/C34H30FIN2O2/c1-2-39-32-19-23(18-30(36)34(32)40-21-22-10-14-25(35)15-11-22)20-37-26-16-12-24(13-17-26)33-29-8-5-7-27(29)28-6-3-4-9-31(28)38-33/h3-7,9-20,27,29,33,38H,2,8,21H2,1H3/t27-,29+,33+/m1/s1. The van der Waals surface area contributed by atoms with Crippen molar-refractivity contribution >= 4 is 40.2 Å². The van der Waals surface area contributed by atoms with E-state index in [1.54, 1.807) is 12.1 Å². The molecule has 202 valence electrons. The fourth-order valence-corrected chi connectivity index (χ4v) is 6.37. The van der Waals surface area contributed by atoms with Gasteiger partial charge in [-0.2, -0.15) is 0 Å². The molecule has 1 aliphatic heterocycles. The second kappa shape index (κ2) is 11.8. The highest BCUT2D eigenvalue weighted by molar-refractivity contribution is 14.1. The topological polar surface area (TPSA) is 42.8 Å². The minimum Gasteiger partial charge on any atom is -0.490 e. The van der Waals surface area contributed by atoms with Crippen LogP contribution in [-0.4, -0.2) is 12.8 Å². The molecule has 4 aromatic rings. The van der Waals surface area contributed by atoms with Crippen LogP contribution in [-0.2, 0) is 6.61 Å². The van der Waals surface area contributed by atoms with Gasteiger partial charge in [-0.25, -0.2) is 4.39 Å². The molecule has 0 saturated heterocycles. The van der Waals surface area contributed by atoms with Crippen LogP contribution in [0.15, 0.2) is 102 Å². The Balaban J connectivity index is 1.17. The summed E-state index contributed by atoms with van der Waals surface area (Å²) in [6, 6.07) is 27.8. The normalized spacial score (nSPS) is 19.2. The van der Waals surface area contributed by atoms with Crippen LogP contribution in [0.2, 0.25) is 0 Å². The number of anilines is 1. The Morgan fingerprint density at radius 3 is 2.60 bits per heavy atom. The summed E-state index contributed by atoms with van der Waals surface area (Å²) in [5, 5.41) is 3.79. The summed E-state index contributed by atoms with van der Waals surface area (Å²) in [4.78, 5) is 4.75. The van der Waals surface area contributed by atoms with E-state index in [0.29, 0.717) is 36.5 Å². The number of ether oxygens (including phenoxy) is 2. The number of hydrogen-bond donors (Lipinski definition) is 1. The third-order valence-electron chi connectivity index (χ3n) is 7.52. The van der Waals surface area contributed by atoms with Crippen molar-refractivity contribution in [3.05, 3.63) is 129 Å². The first kappa shape index (κ1) is 26.6. The van der Waals surface area contributed by atoms with Crippen LogP contribution in [0.1, 0.15) is 47.6 Å². The molecule has 0 radical (unpaired) electrons. The highest BCUT2D eigenvalue weighted by Gasteiger charge is 2.37. The lowest BCUT2D eigenvalue weighted by Crippen LogP contribution is -2.28. The van der Waals surface area contributed by atoms with E-state index in [0.717, 1.165) is 26.8 Å². The average Bonchev–Trinajstić information content (AvgIpc) is 3.47. The van der Waals surface area contributed by atoms with E-state index in [1.165, 1.54) is 28.9 Å². The summed E-state index contributed by atoms with van der Waals surface area (Å²) >= 11 is 2.26. The van der Waals surface area contributed by atoms with E-state index in [2.05, 4.69) is 88.6 Å². The highest BCUT2D eigenvalue weighted by Crippen LogP contribution is 2.49. The zero-order valence-electron chi connectivity index (χ0n) is 22.2. The third kappa shape index (κ3) is 5.63. The summed E-state index contributed by atoms with van der Waals surface area (Å²) < 4.78 is 26.1. The Labute approximate surface area is 248 Å². The number of halogens is 2. The van der Waals surface area contributed by atoms with Gasteiger partial charge in [0.05, 0.1) is 21.9 Å². The molecular formula is C34H30FIN2O2. The maximum absolute atomic E-state index is 13.2. The number of aliphatic imine (C=N–C) groups is 1. The molecule has 0 unspecified atom stereocenters. The first-order chi connectivity index (χ1) is 19.6. The molecule has 0 amide bonds. The first-order valence-electron chi connectivity index (χ1n) is 13.6. The van der Waals surface area contributed by atoms with Gasteiger partial charge in [0.2, 0.25) is 0 Å². The van der Waals surface area contributed by atoms with E-state index in [1.807, 2.05) is 25.3 Å². The molecule has 0 saturated carbocycles. The maximum atomic E-state index is 13.2. The number of nitrogens with zero attached hydrogens (tertiary/aromatic N) is 1. The van der Waals surface area contributed by atoms with Crippen molar-refractivity contribution in [2.45, 2.75) is 31.9 Å². The van der Waals surface area contributed by atoms with Gasteiger partial charge in [0, 0.05) is 17.8 Å². The molecule has 40 heavy (non-hydrogen) atoms. The molecule has 2 aliphatic rings. The van der Waals surface area contributed by atoms with E-state index in [-0.39, 0.29) is 11.9 Å². The largest absolute Gasteiger partial charge is 0.490 e. The molecule has 0 aromatic heterocycles. The Bertz CT molecular complexity index is 1550. The van der Waals surface area contributed by atoms with Crippen LogP contribution in [0.5, 0.6) is 11.5 Å². The lowest BCUT2D eigenvalue weighted by atomic mass is 9.77. The van der Waals surface area contributed by atoms with Crippen molar-refractivity contribution in [3.63, 3.8) is 0 Å². The Hall–Kier alpha value is -3.65. The zero-order valence-corrected chi connectivity index (χ0v) is 24.3. The van der Waals surface area contributed by atoms with Crippen molar-refractivity contribution < 1.29 is 13.9 Å².